The van der Waals surface area contributed by atoms with Crippen molar-refractivity contribution in [3.8, 4) is 5.75 Å². The van der Waals surface area contributed by atoms with Crippen molar-refractivity contribution >= 4 is 39.1 Å². The van der Waals surface area contributed by atoms with Crippen LogP contribution in [0.1, 0.15) is 11.1 Å². The number of amides is 2. The fourth-order valence-corrected chi connectivity index (χ4v) is 3.68. The number of nitrogens with one attached hydrogen (secondary N) is 1. The second-order valence-electron chi connectivity index (χ2n) is 5.27. The second-order valence-corrected chi connectivity index (χ2v) is 7.83. The van der Waals surface area contributed by atoms with Gasteiger partial charge >= 0.3 is 10.1 Å². The molecule has 0 atom stereocenters. The topological polar surface area (TPSA) is 89.5 Å². The molecule has 2 aromatic rings. The number of benzene rings is 2. The minimum atomic E-state index is -3.91. The van der Waals surface area contributed by atoms with Gasteiger partial charge in [-0.15, -0.1) is 0 Å². The first-order valence-electron chi connectivity index (χ1n) is 7.19. The number of hydrogen-bond acceptors (Lipinski definition) is 6. The first-order chi connectivity index (χ1) is 11.8. The highest BCUT2D eigenvalue weighted by Crippen LogP contribution is 2.26. The van der Waals surface area contributed by atoms with Gasteiger partial charge in [0.2, 0.25) is 0 Å². The molecular weight excluding hydrogens is 362 g/mol. The Hall–Kier alpha value is -2.58. The molecule has 0 spiro atoms. The molecule has 0 aromatic heterocycles. The Bertz CT molecular complexity index is 961. The highest BCUT2D eigenvalue weighted by molar-refractivity contribution is 8.18. The lowest BCUT2D eigenvalue weighted by Gasteiger charge is -2.07. The summed E-state index contributed by atoms with van der Waals surface area (Å²) in [6, 6.07) is 12.5. The fraction of sp³-hybridized carbons (Fsp3) is 0.0588. The Morgan fingerprint density at radius 2 is 1.64 bits per heavy atom. The summed E-state index contributed by atoms with van der Waals surface area (Å²) in [4.78, 5) is 23.0. The Kier molecular flexibility index (Phi) is 4.65. The van der Waals surface area contributed by atoms with Crippen molar-refractivity contribution in [3.05, 3.63) is 64.6 Å². The van der Waals surface area contributed by atoms with E-state index < -0.39 is 21.3 Å². The normalized spacial score (nSPS) is 16.1. The van der Waals surface area contributed by atoms with Crippen LogP contribution in [0.2, 0.25) is 0 Å². The van der Waals surface area contributed by atoms with E-state index in [2.05, 4.69) is 5.32 Å². The minimum Gasteiger partial charge on any atom is -0.379 e. The lowest BCUT2D eigenvalue weighted by molar-refractivity contribution is -0.115. The maximum atomic E-state index is 12.2. The van der Waals surface area contributed by atoms with Crippen molar-refractivity contribution in [3.63, 3.8) is 0 Å². The van der Waals surface area contributed by atoms with Gasteiger partial charge in [-0.05, 0) is 54.6 Å². The fourth-order valence-electron chi connectivity index (χ4n) is 2.07. The van der Waals surface area contributed by atoms with E-state index in [4.69, 9.17) is 4.18 Å². The maximum Gasteiger partial charge on any atom is 0.339 e. The average molecular weight is 375 g/mol. The van der Waals surface area contributed by atoms with Gasteiger partial charge in [-0.3, -0.25) is 14.9 Å². The zero-order valence-electron chi connectivity index (χ0n) is 13.1. The molecule has 0 unspecified atom stereocenters. The van der Waals surface area contributed by atoms with Crippen LogP contribution in [0, 0.1) is 6.92 Å². The summed E-state index contributed by atoms with van der Waals surface area (Å²) < 4.78 is 29.6. The Balaban J connectivity index is 1.77. The van der Waals surface area contributed by atoms with Crippen LogP contribution in [0.25, 0.3) is 6.08 Å². The molecule has 3 rings (SSSR count). The number of imide groups is 1. The third-order valence-corrected chi connectivity index (χ3v) is 5.41. The van der Waals surface area contributed by atoms with E-state index in [1.165, 1.54) is 24.3 Å². The molecule has 1 heterocycles. The predicted octanol–water partition coefficient (Wildman–Crippen LogP) is 3.09. The smallest absolute Gasteiger partial charge is 0.339 e. The zero-order chi connectivity index (χ0) is 18.0. The SMILES string of the molecule is Cc1ccc(S(=O)(=O)Oc2ccc(/C=C3\SC(=O)NC3=O)cc2)cc1. The molecule has 0 radical (unpaired) electrons. The van der Waals surface area contributed by atoms with Gasteiger partial charge in [0.15, 0.2) is 0 Å². The molecule has 0 bridgehead atoms. The number of hydrogen-bond donors (Lipinski definition) is 1. The monoisotopic (exact) mass is 375 g/mol. The van der Waals surface area contributed by atoms with Crippen molar-refractivity contribution in [2.24, 2.45) is 0 Å². The molecular formula is C17H13NO5S2. The molecule has 6 nitrogen and oxygen atoms in total. The summed E-state index contributed by atoms with van der Waals surface area (Å²) in [7, 11) is -3.91. The summed E-state index contributed by atoms with van der Waals surface area (Å²) in [5.41, 5.74) is 1.59. The van der Waals surface area contributed by atoms with E-state index in [9.17, 15) is 18.0 Å². The summed E-state index contributed by atoms with van der Waals surface area (Å²) in [6.45, 7) is 1.86. The van der Waals surface area contributed by atoms with E-state index in [1.54, 1.807) is 30.3 Å². The Labute approximate surface area is 149 Å². The van der Waals surface area contributed by atoms with E-state index in [-0.39, 0.29) is 15.6 Å². The standard InChI is InChI=1S/C17H13NO5S2/c1-11-2-8-14(9-3-11)25(21,22)23-13-6-4-12(5-7-13)10-15-16(19)18-17(20)24-15/h2-10H,1H3,(H,18,19,20)/b15-10-. The van der Waals surface area contributed by atoms with Crippen LogP contribution in [-0.2, 0) is 14.9 Å². The highest BCUT2D eigenvalue weighted by Gasteiger charge is 2.24. The van der Waals surface area contributed by atoms with E-state index in [0.29, 0.717) is 5.56 Å². The number of aryl methyl sites for hydroxylation is 1. The van der Waals surface area contributed by atoms with Gasteiger partial charge in [0, 0.05) is 0 Å². The predicted molar refractivity (Wildman–Crippen MR) is 94.5 cm³/mol. The molecule has 0 saturated carbocycles. The van der Waals surface area contributed by atoms with Crippen LogP contribution in [0.3, 0.4) is 0 Å². The molecule has 1 saturated heterocycles. The molecule has 1 aliphatic heterocycles. The molecule has 1 fully saturated rings. The average Bonchev–Trinajstić information content (AvgIpc) is 2.87. The maximum absolute atomic E-state index is 12.2. The van der Waals surface area contributed by atoms with Gasteiger partial charge in [-0.1, -0.05) is 29.8 Å². The molecule has 2 amide bonds. The summed E-state index contributed by atoms with van der Waals surface area (Å²) >= 11 is 0.816. The largest absolute Gasteiger partial charge is 0.379 e. The van der Waals surface area contributed by atoms with Gasteiger partial charge in [-0.2, -0.15) is 8.42 Å². The molecule has 1 aliphatic rings. The lowest BCUT2D eigenvalue weighted by Crippen LogP contribution is -2.17. The van der Waals surface area contributed by atoms with Gasteiger partial charge in [0.25, 0.3) is 11.1 Å². The van der Waals surface area contributed by atoms with E-state index in [1.807, 2.05) is 6.92 Å². The second kappa shape index (κ2) is 6.73. The first kappa shape index (κ1) is 17.2. The van der Waals surface area contributed by atoms with Crippen LogP contribution >= 0.6 is 11.8 Å². The highest BCUT2D eigenvalue weighted by atomic mass is 32.2. The Morgan fingerprint density at radius 1 is 1.00 bits per heavy atom. The van der Waals surface area contributed by atoms with Gasteiger partial charge in [0.05, 0.1) is 4.91 Å². The third-order valence-electron chi connectivity index (χ3n) is 3.34. The summed E-state index contributed by atoms with van der Waals surface area (Å²) in [5, 5.41) is 1.75. The summed E-state index contributed by atoms with van der Waals surface area (Å²) in [6.07, 6.45) is 1.54. The van der Waals surface area contributed by atoms with Crippen LogP contribution in [0.4, 0.5) is 4.79 Å². The molecule has 25 heavy (non-hydrogen) atoms. The number of thioether (sulfide) groups is 1. The quantitative estimate of drug-likeness (QED) is 0.652. The summed E-state index contributed by atoms with van der Waals surface area (Å²) in [5.74, 6) is -0.292. The van der Waals surface area contributed by atoms with E-state index >= 15 is 0 Å². The van der Waals surface area contributed by atoms with Crippen molar-refractivity contribution in [2.45, 2.75) is 11.8 Å². The molecule has 1 N–H and O–H groups in total. The van der Waals surface area contributed by atoms with Gasteiger partial charge < -0.3 is 4.18 Å². The van der Waals surface area contributed by atoms with Crippen LogP contribution in [0.5, 0.6) is 5.75 Å². The van der Waals surface area contributed by atoms with Gasteiger partial charge in [0.1, 0.15) is 10.6 Å². The molecule has 8 heteroatoms. The molecule has 0 aliphatic carbocycles. The molecule has 128 valence electrons. The number of carbonyl (C=O) groups is 2. The van der Waals surface area contributed by atoms with Crippen LogP contribution in [0.15, 0.2) is 58.3 Å². The lowest BCUT2D eigenvalue weighted by atomic mass is 10.2. The van der Waals surface area contributed by atoms with Crippen LogP contribution in [-0.4, -0.2) is 19.6 Å². The first-order valence-corrected chi connectivity index (χ1v) is 9.42. The van der Waals surface area contributed by atoms with Crippen LogP contribution < -0.4 is 9.50 Å². The minimum absolute atomic E-state index is 0.0711. The zero-order valence-corrected chi connectivity index (χ0v) is 14.7. The third kappa shape index (κ3) is 4.09. The van der Waals surface area contributed by atoms with Gasteiger partial charge in [-0.25, -0.2) is 0 Å². The number of rotatable bonds is 4. The van der Waals surface area contributed by atoms with Crippen molar-refractivity contribution in [1.82, 2.24) is 5.32 Å². The molecule has 2 aromatic carbocycles. The van der Waals surface area contributed by atoms with E-state index in [0.717, 1.165) is 17.3 Å². The van der Waals surface area contributed by atoms with Crippen molar-refractivity contribution < 1.29 is 22.2 Å². The Morgan fingerprint density at radius 3 is 2.20 bits per heavy atom. The van der Waals surface area contributed by atoms with Crippen molar-refractivity contribution in [2.75, 3.05) is 0 Å². The van der Waals surface area contributed by atoms with Crippen molar-refractivity contribution in [1.29, 1.82) is 0 Å². The number of carbonyl (C=O) groups excluding carboxylic acids is 2.